The van der Waals surface area contributed by atoms with Crippen molar-refractivity contribution in [2.45, 2.75) is 25.4 Å². The number of aliphatic hydroxyl groups is 1. The first-order chi connectivity index (χ1) is 9.79. The number of rotatable bonds is 5. The quantitative estimate of drug-likeness (QED) is 0.372. The summed E-state index contributed by atoms with van der Waals surface area (Å²) < 4.78 is 5.40. The Hall–Kier alpha value is -1.59. The molecule has 5 heteroatoms. The van der Waals surface area contributed by atoms with Crippen molar-refractivity contribution < 1.29 is 15.1 Å². The highest BCUT2D eigenvalue weighted by atomic mass is 16.5. The van der Waals surface area contributed by atoms with Crippen molar-refractivity contribution in [2.75, 3.05) is 26.2 Å². The molecule has 1 aliphatic heterocycles. The van der Waals surface area contributed by atoms with E-state index in [1.807, 2.05) is 18.2 Å². The molecular weight excluding hydrogens is 256 g/mol. The van der Waals surface area contributed by atoms with Crippen LogP contribution >= 0.6 is 0 Å². The van der Waals surface area contributed by atoms with Gasteiger partial charge in [0.15, 0.2) is 0 Å². The SMILES string of the molecule is ON=C(OCC(O)CN1CCCCC1)c1ccccc1. The standard InChI is InChI=1S/C15H22N2O3/c18-14(11-17-9-5-2-6-10-17)12-20-15(16-19)13-7-3-1-4-8-13/h1,3-4,7-8,14,18-19H,2,5-6,9-12H2. The van der Waals surface area contributed by atoms with E-state index in [0.717, 1.165) is 13.1 Å². The summed E-state index contributed by atoms with van der Waals surface area (Å²) in [6.07, 6.45) is 3.09. The zero-order valence-corrected chi connectivity index (χ0v) is 11.6. The number of hydrogen-bond donors (Lipinski definition) is 2. The van der Waals surface area contributed by atoms with Crippen LogP contribution in [-0.4, -0.2) is 53.5 Å². The molecule has 0 radical (unpaired) electrons. The predicted octanol–water partition coefficient (Wildman–Crippen LogP) is 1.69. The first kappa shape index (κ1) is 14.8. The van der Waals surface area contributed by atoms with Gasteiger partial charge in [-0.2, -0.15) is 0 Å². The zero-order chi connectivity index (χ0) is 14.2. The van der Waals surface area contributed by atoms with E-state index in [-0.39, 0.29) is 12.5 Å². The number of piperidine rings is 1. The molecule has 1 aromatic rings. The number of ether oxygens (including phenoxy) is 1. The molecule has 1 aliphatic rings. The topological polar surface area (TPSA) is 65.3 Å². The number of nitrogens with zero attached hydrogens (tertiary/aromatic N) is 2. The van der Waals surface area contributed by atoms with Gasteiger partial charge in [-0.25, -0.2) is 0 Å². The maximum absolute atomic E-state index is 9.99. The summed E-state index contributed by atoms with van der Waals surface area (Å²) in [5, 5.41) is 22.1. The first-order valence-electron chi connectivity index (χ1n) is 7.10. The van der Waals surface area contributed by atoms with Crippen molar-refractivity contribution in [3.05, 3.63) is 35.9 Å². The van der Waals surface area contributed by atoms with Crippen molar-refractivity contribution in [3.63, 3.8) is 0 Å². The highest BCUT2D eigenvalue weighted by Gasteiger charge is 2.16. The van der Waals surface area contributed by atoms with Crippen molar-refractivity contribution >= 4 is 5.90 Å². The van der Waals surface area contributed by atoms with E-state index < -0.39 is 6.10 Å². The van der Waals surface area contributed by atoms with Crippen molar-refractivity contribution in [1.29, 1.82) is 0 Å². The van der Waals surface area contributed by atoms with Gasteiger partial charge in [0.2, 0.25) is 0 Å². The van der Waals surface area contributed by atoms with Crippen LogP contribution in [0.25, 0.3) is 0 Å². The number of β-amino-alcohol motifs (C(OH)–C–C–N with tert-alkyl or cyclic N) is 1. The molecule has 0 aliphatic carbocycles. The molecule has 0 amide bonds. The number of hydrogen-bond acceptors (Lipinski definition) is 5. The minimum atomic E-state index is -0.575. The van der Waals surface area contributed by atoms with Crippen molar-refractivity contribution in [2.24, 2.45) is 5.16 Å². The third-order valence-electron chi connectivity index (χ3n) is 3.44. The molecule has 1 heterocycles. The fraction of sp³-hybridized carbons (Fsp3) is 0.533. The molecule has 0 spiro atoms. The molecule has 110 valence electrons. The van der Waals surface area contributed by atoms with E-state index >= 15 is 0 Å². The van der Waals surface area contributed by atoms with Gasteiger partial charge in [0.25, 0.3) is 5.90 Å². The Labute approximate surface area is 119 Å². The summed E-state index contributed by atoms with van der Waals surface area (Å²) in [4.78, 5) is 2.25. The van der Waals surface area contributed by atoms with Gasteiger partial charge in [-0.15, -0.1) is 0 Å². The van der Waals surface area contributed by atoms with Crippen LogP contribution < -0.4 is 0 Å². The monoisotopic (exact) mass is 278 g/mol. The largest absolute Gasteiger partial charge is 0.472 e. The van der Waals surface area contributed by atoms with Crippen LogP contribution in [0.3, 0.4) is 0 Å². The van der Waals surface area contributed by atoms with Gasteiger partial charge in [-0.1, -0.05) is 24.6 Å². The van der Waals surface area contributed by atoms with Crippen LogP contribution in [0.2, 0.25) is 0 Å². The molecule has 1 fully saturated rings. The second-order valence-electron chi connectivity index (χ2n) is 5.10. The maximum Gasteiger partial charge on any atom is 0.257 e. The molecule has 0 aromatic heterocycles. The molecule has 2 rings (SSSR count). The van der Waals surface area contributed by atoms with Crippen LogP contribution in [0.4, 0.5) is 0 Å². The van der Waals surface area contributed by atoms with Gasteiger partial charge in [-0.3, -0.25) is 0 Å². The lowest BCUT2D eigenvalue weighted by molar-refractivity contribution is 0.0564. The van der Waals surface area contributed by atoms with Crippen LogP contribution in [0.15, 0.2) is 35.5 Å². The summed E-state index contributed by atoms with van der Waals surface area (Å²) in [5.74, 6) is 0.142. The molecule has 1 saturated heterocycles. The normalized spacial score (nSPS) is 18.8. The molecule has 1 unspecified atom stereocenters. The fourth-order valence-electron chi connectivity index (χ4n) is 2.42. The molecular formula is C15H22N2O3. The van der Waals surface area contributed by atoms with Gasteiger partial charge < -0.3 is 20.0 Å². The first-order valence-corrected chi connectivity index (χ1v) is 7.10. The Kier molecular flexibility index (Phi) is 5.83. The van der Waals surface area contributed by atoms with E-state index in [1.165, 1.54) is 19.3 Å². The lowest BCUT2D eigenvalue weighted by Gasteiger charge is -2.28. The predicted molar refractivity (Wildman–Crippen MR) is 77.0 cm³/mol. The summed E-state index contributed by atoms with van der Waals surface area (Å²) in [7, 11) is 0. The second kappa shape index (κ2) is 7.87. The smallest absolute Gasteiger partial charge is 0.257 e. The third kappa shape index (κ3) is 4.51. The summed E-state index contributed by atoms with van der Waals surface area (Å²) >= 11 is 0. The van der Waals surface area contributed by atoms with Crippen LogP contribution in [0.1, 0.15) is 24.8 Å². The van der Waals surface area contributed by atoms with E-state index in [0.29, 0.717) is 12.1 Å². The lowest BCUT2D eigenvalue weighted by Crippen LogP contribution is -2.38. The van der Waals surface area contributed by atoms with Crippen LogP contribution in [-0.2, 0) is 4.74 Å². The number of aliphatic hydroxyl groups excluding tert-OH is 1. The molecule has 2 N–H and O–H groups in total. The summed E-state index contributed by atoms with van der Waals surface area (Å²) in [6, 6.07) is 9.16. The lowest BCUT2D eigenvalue weighted by atomic mass is 10.1. The minimum absolute atomic E-state index is 0.130. The number of oxime groups is 1. The molecule has 1 atom stereocenters. The van der Waals surface area contributed by atoms with Gasteiger partial charge in [0.05, 0.1) is 0 Å². The number of benzene rings is 1. The Morgan fingerprint density at radius 3 is 2.55 bits per heavy atom. The minimum Gasteiger partial charge on any atom is -0.472 e. The van der Waals surface area contributed by atoms with E-state index in [1.54, 1.807) is 12.1 Å². The van der Waals surface area contributed by atoms with Gasteiger partial charge in [0.1, 0.15) is 12.7 Å². The fourth-order valence-corrected chi connectivity index (χ4v) is 2.42. The molecule has 20 heavy (non-hydrogen) atoms. The van der Waals surface area contributed by atoms with Crippen molar-refractivity contribution in [3.8, 4) is 0 Å². The Balaban J connectivity index is 1.78. The summed E-state index contributed by atoms with van der Waals surface area (Å²) in [5.41, 5.74) is 0.695. The van der Waals surface area contributed by atoms with Crippen LogP contribution in [0.5, 0.6) is 0 Å². The van der Waals surface area contributed by atoms with E-state index in [2.05, 4.69) is 10.1 Å². The average Bonchev–Trinajstić information content (AvgIpc) is 2.50. The average molecular weight is 278 g/mol. The van der Waals surface area contributed by atoms with E-state index in [9.17, 15) is 5.11 Å². The van der Waals surface area contributed by atoms with E-state index in [4.69, 9.17) is 9.94 Å². The molecule has 1 aromatic carbocycles. The van der Waals surface area contributed by atoms with Gasteiger partial charge >= 0.3 is 0 Å². The Bertz CT molecular complexity index is 416. The third-order valence-corrected chi connectivity index (χ3v) is 3.44. The molecule has 0 saturated carbocycles. The maximum atomic E-state index is 9.99. The van der Waals surface area contributed by atoms with Gasteiger partial charge in [0, 0.05) is 12.1 Å². The molecule has 0 bridgehead atoms. The Morgan fingerprint density at radius 2 is 1.90 bits per heavy atom. The summed E-state index contributed by atoms with van der Waals surface area (Å²) in [6.45, 7) is 2.81. The number of likely N-dealkylation sites (tertiary alicyclic amines) is 1. The molecule has 5 nitrogen and oxygen atoms in total. The Morgan fingerprint density at radius 1 is 1.20 bits per heavy atom. The highest BCUT2D eigenvalue weighted by molar-refractivity contribution is 5.93. The van der Waals surface area contributed by atoms with Crippen LogP contribution in [0, 0.1) is 0 Å². The zero-order valence-electron chi connectivity index (χ0n) is 11.6. The second-order valence-corrected chi connectivity index (χ2v) is 5.10. The van der Waals surface area contributed by atoms with Crippen molar-refractivity contribution in [1.82, 2.24) is 4.90 Å². The highest BCUT2D eigenvalue weighted by Crippen LogP contribution is 2.09. The van der Waals surface area contributed by atoms with Gasteiger partial charge in [-0.05, 0) is 43.2 Å².